The molecule has 3 aromatic rings. The standard InChI is InChI=1S/C17H17F2N3O/c1-2-22-14-9-12(23-17(18)19)7-8-13(14)15(21)16(22)10-3-5-11(20)6-4-10/h3-9,17H,2,20-21H2,1H3. The van der Waals surface area contributed by atoms with Crippen LogP contribution in [0.4, 0.5) is 20.2 Å². The Morgan fingerprint density at radius 2 is 1.78 bits per heavy atom. The van der Waals surface area contributed by atoms with E-state index in [4.69, 9.17) is 11.5 Å². The van der Waals surface area contributed by atoms with Crippen molar-refractivity contribution < 1.29 is 13.5 Å². The van der Waals surface area contributed by atoms with E-state index < -0.39 is 6.61 Å². The van der Waals surface area contributed by atoms with Crippen LogP contribution in [-0.2, 0) is 6.54 Å². The van der Waals surface area contributed by atoms with Crippen LogP contribution in [-0.4, -0.2) is 11.2 Å². The van der Waals surface area contributed by atoms with E-state index in [2.05, 4.69) is 4.74 Å². The number of alkyl halides is 2. The Balaban J connectivity index is 2.21. The summed E-state index contributed by atoms with van der Waals surface area (Å²) in [4.78, 5) is 0. The third-order valence-electron chi connectivity index (χ3n) is 3.80. The lowest BCUT2D eigenvalue weighted by Gasteiger charge is -2.10. The van der Waals surface area contributed by atoms with Crippen molar-refractivity contribution in [3.8, 4) is 17.0 Å². The van der Waals surface area contributed by atoms with Crippen LogP contribution >= 0.6 is 0 Å². The molecule has 0 fully saturated rings. The minimum Gasteiger partial charge on any atom is -0.435 e. The van der Waals surface area contributed by atoms with E-state index in [9.17, 15) is 8.78 Å². The van der Waals surface area contributed by atoms with Crippen molar-refractivity contribution in [3.05, 3.63) is 42.5 Å². The summed E-state index contributed by atoms with van der Waals surface area (Å²) in [5.41, 5.74) is 15.8. The molecule has 0 unspecified atom stereocenters. The number of hydrogen-bond acceptors (Lipinski definition) is 3. The van der Waals surface area contributed by atoms with Crippen molar-refractivity contribution in [1.82, 2.24) is 4.57 Å². The summed E-state index contributed by atoms with van der Waals surface area (Å²) in [5.74, 6) is 0.114. The molecule has 0 bridgehead atoms. The highest BCUT2D eigenvalue weighted by Gasteiger charge is 2.17. The summed E-state index contributed by atoms with van der Waals surface area (Å²) in [6.45, 7) is -0.238. The predicted octanol–water partition coefficient (Wildman–Crippen LogP) is 4.09. The summed E-state index contributed by atoms with van der Waals surface area (Å²) >= 11 is 0. The second kappa shape index (κ2) is 5.79. The van der Waals surface area contributed by atoms with E-state index in [-0.39, 0.29) is 5.75 Å². The monoisotopic (exact) mass is 317 g/mol. The summed E-state index contributed by atoms with van der Waals surface area (Å²) in [7, 11) is 0. The molecule has 4 nitrogen and oxygen atoms in total. The zero-order valence-electron chi connectivity index (χ0n) is 12.6. The zero-order valence-corrected chi connectivity index (χ0v) is 12.6. The van der Waals surface area contributed by atoms with Crippen LogP contribution in [0.5, 0.6) is 5.75 Å². The number of anilines is 2. The second-order valence-corrected chi connectivity index (χ2v) is 5.19. The minimum absolute atomic E-state index is 0.114. The predicted molar refractivity (Wildman–Crippen MR) is 88.5 cm³/mol. The molecule has 1 heterocycles. The van der Waals surface area contributed by atoms with Gasteiger partial charge in [-0.3, -0.25) is 0 Å². The van der Waals surface area contributed by atoms with Gasteiger partial charge in [0.15, 0.2) is 0 Å². The van der Waals surface area contributed by atoms with Crippen molar-refractivity contribution in [2.75, 3.05) is 11.5 Å². The molecule has 1 aromatic heterocycles. The van der Waals surface area contributed by atoms with E-state index in [1.54, 1.807) is 24.3 Å². The van der Waals surface area contributed by atoms with Crippen LogP contribution < -0.4 is 16.2 Å². The maximum atomic E-state index is 12.4. The van der Waals surface area contributed by atoms with Crippen LogP contribution in [0.2, 0.25) is 0 Å². The molecule has 0 spiro atoms. The molecule has 2 aromatic carbocycles. The SMILES string of the molecule is CCn1c(-c2ccc(N)cc2)c(N)c2ccc(OC(F)F)cc21. The van der Waals surface area contributed by atoms with Crippen molar-refractivity contribution in [1.29, 1.82) is 0 Å². The summed E-state index contributed by atoms with van der Waals surface area (Å²) in [6, 6.07) is 12.2. The van der Waals surface area contributed by atoms with Gasteiger partial charge in [0.1, 0.15) is 5.75 Å². The smallest absolute Gasteiger partial charge is 0.387 e. The summed E-state index contributed by atoms with van der Waals surface area (Å²) in [5, 5.41) is 0.806. The number of fused-ring (bicyclic) bond motifs is 1. The van der Waals surface area contributed by atoms with Gasteiger partial charge in [-0.2, -0.15) is 8.78 Å². The Kier molecular flexibility index (Phi) is 3.82. The van der Waals surface area contributed by atoms with Gasteiger partial charge < -0.3 is 20.8 Å². The minimum atomic E-state index is -2.86. The lowest BCUT2D eigenvalue weighted by Crippen LogP contribution is -2.02. The number of aryl methyl sites for hydroxylation is 1. The number of nitrogen functional groups attached to an aromatic ring is 2. The number of aromatic nitrogens is 1. The van der Waals surface area contributed by atoms with Gasteiger partial charge in [-0.25, -0.2) is 0 Å². The number of hydrogen-bond donors (Lipinski definition) is 2. The van der Waals surface area contributed by atoms with Gasteiger partial charge in [0.2, 0.25) is 0 Å². The maximum Gasteiger partial charge on any atom is 0.387 e. The van der Waals surface area contributed by atoms with Gasteiger partial charge in [0.25, 0.3) is 0 Å². The van der Waals surface area contributed by atoms with Gasteiger partial charge in [0.05, 0.1) is 16.9 Å². The third kappa shape index (κ3) is 2.67. The molecule has 0 saturated heterocycles. The lowest BCUT2D eigenvalue weighted by atomic mass is 10.1. The van der Waals surface area contributed by atoms with E-state index in [0.717, 1.165) is 22.2 Å². The quantitative estimate of drug-likeness (QED) is 0.712. The second-order valence-electron chi connectivity index (χ2n) is 5.19. The number of benzene rings is 2. The highest BCUT2D eigenvalue weighted by Crippen LogP contribution is 2.38. The molecule has 3 rings (SSSR count). The highest BCUT2D eigenvalue weighted by molar-refractivity contribution is 6.01. The molecule has 6 heteroatoms. The fraction of sp³-hybridized carbons (Fsp3) is 0.176. The molecule has 4 N–H and O–H groups in total. The number of nitrogens with zero attached hydrogens (tertiary/aromatic N) is 1. The molecule has 120 valence electrons. The van der Waals surface area contributed by atoms with Gasteiger partial charge in [-0.1, -0.05) is 12.1 Å². The van der Waals surface area contributed by atoms with Crippen LogP contribution in [0.25, 0.3) is 22.2 Å². The number of halogens is 2. The first-order valence-electron chi connectivity index (χ1n) is 7.23. The Hall–Kier alpha value is -2.76. The van der Waals surface area contributed by atoms with Crippen LogP contribution in [0.15, 0.2) is 42.5 Å². The molecular weight excluding hydrogens is 300 g/mol. The molecule has 0 aliphatic carbocycles. The molecular formula is C17H17F2N3O. The molecule has 23 heavy (non-hydrogen) atoms. The first-order valence-corrected chi connectivity index (χ1v) is 7.23. The van der Waals surface area contributed by atoms with Gasteiger partial charge in [-0.05, 0) is 31.2 Å². The van der Waals surface area contributed by atoms with E-state index in [1.165, 1.54) is 6.07 Å². The summed E-state index contributed by atoms with van der Waals surface area (Å²) < 4.78 is 31.3. The maximum absolute atomic E-state index is 12.4. The highest BCUT2D eigenvalue weighted by atomic mass is 19.3. The van der Waals surface area contributed by atoms with Crippen LogP contribution in [0.1, 0.15) is 6.92 Å². The average molecular weight is 317 g/mol. The Labute approximate surface area is 132 Å². The molecule has 0 aliphatic rings. The first kappa shape index (κ1) is 15.1. The first-order chi connectivity index (χ1) is 11.0. The van der Waals surface area contributed by atoms with Crippen LogP contribution in [0.3, 0.4) is 0 Å². The lowest BCUT2D eigenvalue weighted by molar-refractivity contribution is -0.0497. The van der Waals surface area contributed by atoms with Gasteiger partial charge in [-0.15, -0.1) is 0 Å². The molecule has 0 aliphatic heterocycles. The van der Waals surface area contributed by atoms with E-state index >= 15 is 0 Å². The Bertz CT molecular complexity index is 841. The van der Waals surface area contributed by atoms with E-state index in [1.807, 2.05) is 23.6 Å². The third-order valence-corrected chi connectivity index (χ3v) is 3.80. The number of nitrogens with two attached hydrogens (primary N) is 2. The molecule has 0 atom stereocenters. The molecule has 0 amide bonds. The van der Waals surface area contributed by atoms with Crippen LogP contribution in [0, 0.1) is 0 Å². The zero-order chi connectivity index (χ0) is 16.6. The Morgan fingerprint density at radius 3 is 2.39 bits per heavy atom. The van der Waals surface area contributed by atoms with Crippen molar-refractivity contribution in [2.45, 2.75) is 20.1 Å². The van der Waals surface area contributed by atoms with E-state index in [0.29, 0.717) is 17.9 Å². The number of ether oxygens (including phenoxy) is 1. The topological polar surface area (TPSA) is 66.2 Å². The molecule has 0 saturated carbocycles. The average Bonchev–Trinajstić information content (AvgIpc) is 2.79. The van der Waals surface area contributed by atoms with Gasteiger partial charge >= 0.3 is 6.61 Å². The number of rotatable bonds is 4. The fourth-order valence-corrected chi connectivity index (χ4v) is 2.81. The Morgan fingerprint density at radius 1 is 1.09 bits per heavy atom. The van der Waals surface area contributed by atoms with Crippen molar-refractivity contribution in [2.24, 2.45) is 0 Å². The normalized spacial score (nSPS) is 11.3. The van der Waals surface area contributed by atoms with Crippen molar-refractivity contribution >= 4 is 22.3 Å². The van der Waals surface area contributed by atoms with Gasteiger partial charge in [0, 0.05) is 29.2 Å². The fourth-order valence-electron chi connectivity index (χ4n) is 2.81. The largest absolute Gasteiger partial charge is 0.435 e. The van der Waals surface area contributed by atoms with Crippen molar-refractivity contribution in [3.63, 3.8) is 0 Å². The molecule has 0 radical (unpaired) electrons. The summed E-state index contributed by atoms with van der Waals surface area (Å²) in [6.07, 6.45) is 0.